The molecule has 0 atom stereocenters. The number of nitrogens with one attached hydrogen (secondary N) is 1. The summed E-state index contributed by atoms with van der Waals surface area (Å²) in [6.45, 7) is 1.36. The molecule has 1 aliphatic carbocycles. The molecule has 4 heteroatoms. The van der Waals surface area contributed by atoms with Crippen molar-refractivity contribution in [1.29, 1.82) is 0 Å². The molecule has 0 unspecified atom stereocenters. The van der Waals surface area contributed by atoms with Gasteiger partial charge in [0.25, 0.3) is 0 Å². The molecule has 0 aromatic rings. The lowest BCUT2D eigenvalue weighted by atomic mass is 9.86. The van der Waals surface area contributed by atoms with Crippen molar-refractivity contribution in [2.75, 3.05) is 20.3 Å². The first kappa shape index (κ1) is 13.5. The summed E-state index contributed by atoms with van der Waals surface area (Å²) in [5, 5.41) is 0. The zero-order chi connectivity index (χ0) is 11.6. The highest BCUT2D eigenvalue weighted by atomic mass is 16.5. The van der Waals surface area contributed by atoms with E-state index >= 15 is 0 Å². The average Bonchev–Trinajstić information content (AvgIpc) is 2.35. The minimum absolute atomic E-state index is 0.661. The quantitative estimate of drug-likeness (QED) is 0.239. The number of aliphatic imine (C=N–C) groups is 1. The van der Waals surface area contributed by atoms with Crippen LogP contribution < -0.4 is 11.3 Å². The summed E-state index contributed by atoms with van der Waals surface area (Å²) in [5.74, 6) is 7.25. The Balaban J connectivity index is 2.18. The van der Waals surface area contributed by atoms with Crippen LogP contribution in [0.1, 0.15) is 44.9 Å². The number of hydrogen-bond acceptors (Lipinski definition) is 3. The highest BCUT2D eigenvalue weighted by molar-refractivity contribution is 5.81. The molecule has 1 saturated carbocycles. The number of hydrazine groups is 1. The molecule has 0 spiro atoms. The van der Waals surface area contributed by atoms with Gasteiger partial charge in [-0.15, -0.1) is 0 Å². The summed E-state index contributed by atoms with van der Waals surface area (Å²) in [4.78, 5) is 4.37. The molecule has 0 aliphatic heterocycles. The molecular formula is C12H25N3O. The van der Waals surface area contributed by atoms with Gasteiger partial charge in [0.2, 0.25) is 0 Å². The highest BCUT2D eigenvalue weighted by Gasteiger charge is 2.13. The van der Waals surface area contributed by atoms with Gasteiger partial charge in [-0.05, 0) is 12.3 Å². The molecule has 4 nitrogen and oxygen atoms in total. The second-order valence-corrected chi connectivity index (χ2v) is 4.51. The molecule has 3 N–H and O–H groups in total. The molecule has 0 heterocycles. The van der Waals surface area contributed by atoms with Gasteiger partial charge >= 0.3 is 0 Å². The normalized spacial score (nSPS) is 18.8. The lowest BCUT2D eigenvalue weighted by Crippen LogP contribution is -2.31. The van der Waals surface area contributed by atoms with E-state index in [1.165, 1.54) is 38.5 Å². The molecule has 0 amide bonds. The van der Waals surface area contributed by atoms with Crippen LogP contribution in [0.15, 0.2) is 4.99 Å². The van der Waals surface area contributed by atoms with Crippen molar-refractivity contribution < 1.29 is 4.74 Å². The number of methoxy groups -OCH3 is 1. The first-order chi connectivity index (χ1) is 7.86. The molecule has 16 heavy (non-hydrogen) atoms. The van der Waals surface area contributed by atoms with E-state index in [4.69, 9.17) is 10.6 Å². The number of amidine groups is 1. The fourth-order valence-electron chi connectivity index (χ4n) is 2.29. The predicted octanol–water partition coefficient (Wildman–Crippen LogP) is 1.86. The minimum atomic E-state index is 0.661. The first-order valence-electron chi connectivity index (χ1n) is 6.35. The predicted molar refractivity (Wildman–Crippen MR) is 67.3 cm³/mol. The van der Waals surface area contributed by atoms with Gasteiger partial charge in [-0.1, -0.05) is 32.1 Å². The first-order valence-corrected chi connectivity index (χ1v) is 6.35. The summed E-state index contributed by atoms with van der Waals surface area (Å²) in [6.07, 6.45) is 9.18. The smallest absolute Gasteiger partial charge is 0.110 e. The Morgan fingerprint density at radius 1 is 1.38 bits per heavy atom. The van der Waals surface area contributed by atoms with Gasteiger partial charge in [0.1, 0.15) is 5.84 Å². The van der Waals surface area contributed by atoms with E-state index in [0.717, 1.165) is 18.2 Å². The Hall–Kier alpha value is -0.610. The summed E-state index contributed by atoms with van der Waals surface area (Å²) in [5.41, 5.74) is 2.69. The van der Waals surface area contributed by atoms with Crippen LogP contribution in [0.2, 0.25) is 0 Å². The summed E-state index contributed by atoms with van der Waals surface area (Å²) < 4.78 is 4.96. The number of ether oxygens (including phenoxy) is 1. The monoisotopic (exact) mass is 227 g/mol. The fourth-order valence-corrected chi connectivity index (χ4v) is 2.29. The van der Waals surface area contributed by atoms with Crippen molar-refractivity contribution in [2.45, 2.75) is 44.9 Å². The standard InChI is InChI=1S/C12H25N3O/c1-16-10-9-14-12(15-13)8-7-11-5-3-2-4-6-11/h11H,2-10,13H2,1H3,(H,14,15). The van der Waals surface area contributed by atoms with E-state index in [1.54, 1.807) is 7.11 Å². The number of nitrogens with two attached hydrogens (primary N) is 1. The number of rotatable bonds is 6. The molecule has 1 fully saturated rings. The van der Waals surface area contributed by atoms with Gasteiger partial charge in [0, 0.05) is 13.5 Å². The van der Waals surface area contributed by atoms with E-state index in [1.807, 2.05) is 0 Å². The van der Waals surface area contributed by atoms with Crippen LogP contribution in [0, 0.1) is 5.92 Å². The second-order valence-electron chi connectivity index (χ2n) is 4.51. The largest absolute Gasteiger partial charge is 0.383 e. The molecule has 0 radical (unpaired) electrons. The van der Waals surface area contributed by atoms with Crippen LogP contribution in [-0.2, 0) is 4.74 Å². The van der Waals surface area contributed by atoms with Crippen molar-refractivity contribution in [3.05, 3.63) is 0 Å². The van der Waals surface area contributed by atoms with Crippen LogP contribution in [0.25, 0.3) is 0 Å². The van der Waals surface area contributed by atoms with Gasteiger partial charge in [-0.25, -0.2) is 5.84 Å². The summed E-state index contributed by atoms with van der Waals surface area (Å²) >= 11 is 0. The number of nitrogens with zero attached hydrogens (tertiary/aromatic N) is 1. The third-order valence-electron chi connectivity index (χ3n) is 3.28. The topological polar surface area (TPSA) is 59.6 Å². The van der Waals surface area contributed by atoms with Crippen LogP contribution >= 0.6 is 0 Å². The van der Waals surface area contributed by atoms with Crippen molar-refractivity contribution in [3.8, 4) is 0 Å². The lowest BCUT2D eigenvalue weighted by Gasteiger charge is -2.21. The molecule has 1 aliphatic rings. The van der Waals surface area contributed by atoms with Crippen LogP contribution in [-0.4, -0.2) is 26.1 Å². The van der Waals surface area contributed by atoms with Crippen molar-refractivity contribution in [2.24, 2.45) is 16.8 Å². The van der Waals surface area contributed by atoms with Crippen molar-refractivity contribution in [3.63, 3.8) is 0 Å². The molecular weight excluding hydrogens is 202 g/mol. The maximum atomic E-state index is 5.45. The van der Waals surface area contributed by atoms with Gasteiger partial charge < -0.3 is 10.2 Å². The van der Waals surface area contributed by atoms with E-state index in [9.17, 15) is 0 Å². The van der Waals surface area contributed by atoms with Crippen molar-refractivity contribution >= 4 is 5.84 Å². The number of hydrogen-bond donors (Lipinski definition) is 2. The maximum absolute atomic E-state index is 5.45. The fraction of sp³-hybridized carbons (Fsp3) is 0.917. The molecule has 1 rings (SSSR count). The maximum Gasteiger partial charge on any atom is 0.110 e. The van der Waals surface area contributed by atoms with E-state index < -0.39 is 0 Å². The molecule has 94 valence electrons. The van der Waals surface area contributed by atoms with Gasteiger partial charge in [-0.3, -0.25) is 4.99 Å². The van der Waals surface area contributed by atoms with Crippen LogP contribution in [0.3, 0.4) is 0 Å². The average molecular weight is 227 g/mol. The summed E-state index contributed by atoms with van der Waals surface area (Å²) in [7, 11) is 1.69. The highest BCUT2D eigenvalue weighted by Crippen LogP contribution is 2.27. The lowest BCUT2D eigenvalue weighted by molar-refractivity contribution is 0.208. The zero-order valence-electron chi connectivity index (χ0n) is 10.4. The van der Waals surface area contributed by atoms with Gasteiger partial charge in [0.15, 0.2) is 0 Å². The van der Waals surface area contributed by atoms with Crippen LogP contribution in [0.4, 0.5) is 0 Å². The Bertz CT molecular complexity index is 200. The molecule has 0 aromatic heterocycles. The Morgan fingerprint density at radius 3 is 2.75 bits per heavy atom. The Kier molecular flexibility index (Phi) is 7.17. The van der Waals surface area contributed by atoms with Crippen LogP contribution in [0.5, 0.6) is 0 Å². The van der Waals surface area contributed by atoms with E-state index in [2.05, 4.69) is 10.4 Å². The van der Waals surface area contributed by atoms with E-state index in [-0.39, 0.29) is 0 Å². The SMILES string of the molecule is COCCN=C(CCC1CCCCC1)NN. The Labute approximate surface area is 98.6 Å². The van der Waals surface area contributed by atoms with E-state index in [0.29, 0.717) is 13.2 Å². The van der Waals surface area contributed by atoms with Gasteiger partial charge in [0.05, 0.1) is 13.2 Å². The molecule has 0 saturated heterocycles. The third kappa shape index (κ3) is 5.47. The van der Waals surface area contributed by atoms with Gasteiger partial charge in [-0.2, -0.15) is 0 Å². The second kappa shape index (κ2) is 8.53. The minimum Gasteiger partial charge on any atom is -0.383 e. The summed E-state index contributed by atoms with van der Waals surface area (Å²) in [6, 6.07) is 0. The zero-order valence-corrected chi connectivity index (χ0v) is 10.4. The molecule has 0 bridgehead atoms. The van der Waals surface area contributed by atoms with Crippen molar-refractivity contribution in [1.82, 2.24) is 5.43 Å². The Morgan fingerprint density at radius 2 is 2.12 bits per heavy atom. The molecule has 0 aromatic carbocycles. The third-order valence-corrected chi connectivity index (χ3v) is 3.28.